The minimum absolute atomic E-state index is 0.372. The zero-order valence-corrected chi connectivity index (χ0v) is 11.9. The van der Waals surface area contributed by atoms with Crippen molar-refractivity contribution >= 4 is 38.9 Å². The van der Waals surface area contributed by atoms with Gasteiger partial charge in [-0.25, -0.2) is 0 Å². The van der Waals surface area contributed by atoms with Gasteiger partial charge in [-0.15, -0.1) is 22.9 Å². The van der Waals surface area contributed by atoms with Gasteiger partial charge in [0.05, 0.1) is 3.79 Å². The summed E-state index contributed by atoms with van der Waals surface area (Å²) >= 11 is 11.5. The van der Waals surface area contributed by atoms with Gasteiger partial charge in [0, 0.05) is 23.3 Å². The molecule has 2 heterocycles. The van der Waals surface area contributed by atoms with Gasteiger partial charge in [0.15, 0.2) is 0 Å². The summed E-state index contributed by atoms with van der Waals surface area (Å²) in [6.07, 6.45) is 1.12. The molecule has 0 spiro atoms. The van der Waals surface area contributed by atoms with Crippen LogP contribution in [0.1, 0.15) is 18.2 Å². The lowest BCUT2D eigenvalue weighted by atomic mass is 10.00. The molecule has 0 aliphatic carbocycles. The van der Waals surface area contributed by atoms with Gasteiger partial charge in [0.2, 0.25) is 0 Å². The van der Waals surface area contributed by atoms with Crippen LogP contribution < -0.4 is 0 Å². The van der Waals surface area contributed by atoms with E-state index in [0.717, 1.165) is 26.1 Å². The van der Waals surface area contributed by atoms with Crippen molar-refractivity contribution in [3.8, 4) is 0 Å². The molecule has 1 saturated heterocycles. The van der Waals surface area contributed by atoms with E-state index in [1.54, 1.807) is 0 Å². The lowest BCUT2D eigenvalue weighted by Gasteiger charge is -2.33. The molecular weight excluding hydrogens is 294 g/mol. The first-order valence-electron chi connectivity index (χ1n) is 5.26. The number of hydrogen-bond donors (Lipinski definition) is 0. The number of thiophene rings is 1. The highest BCUT2D eigenvalue weighted by Gasteiger charge is 2.24. The van der Waals surface area contributed by atoms with Gasteiger partial charge >= 0.3 is 0 Å². The van der Waals surface area contributed by atoms with E-state index in [4.69, 9.17) is 11.6 Å². The molecule has 84 valence electrons. The van der Waals surface area contributed by atoms with Gasteiger partial charge in [-0.3, -0.25) is 4.90 Å². The lowest BCUT2D eigenvalue weighted by molar-refractivity contribution is 0.181. The number of nitrogens with zero attached hydrogens (tertiary/aromatic N) is 1. The lowest BCUT2D eigenvalue weighted by Crippen LogP contribution is -2.39. The molecule has 15 heavy (non-hydrogen) atoms. The van der Waals surface area contributed by atoms with Crippen molar-refractivity contribution in [3.05, 3.63) is 20.8 Å². The first kappa shape index (κ1) is 11.9. The van der Waals surface area contributed by atoms with Crippen molar-refractivity contribution in [3.63, 3.8) is 0 Å². The summed E-state index contributed by atoms with van der Waals surface area (Å²) in [6.45, 7) is 5.58. The van der Waals surface area contributed by atoms with E-state index < -0.39 is 0 Å². The van der Waals surface area contributed by atoms with Crippen molar-refractivity contribution < 1.29 is 0 Å². The number of piperidine rings is 1. The zero-order valence-electron chi connectivity index (χ0n) is 8.75. The highest BCUT2D eigenvalue weighted by molar-refractivity contribution is 9.11. The first-order valence-corrected chi connectivity index (χ1v) is 7.30. The minimum atomic E-state index is 0.372. The van der Waals surface area contributed by atoms with Gasteiger partial charge in [0.1, 0.15) is 0 Å². The number of halogens is 2. The van der Waals surface area contributed by atoms with Crippen LogP contribution in [-0.4, -0.2) is 23.4 Å². The summed E-state index contributed by atoms with van der Waals surface area (Å²) in [5, 5.41) is 0.372. The second-order valence-corrected chi connectivity index (χ2v) is 7.33. The molecular formula is C11H15BrClNS. The van der Waals surface area contributed by atoms with Crippen molar-refractivity contribution in [1.82, 2.24) is 4.90 Å². The Kier molecular flexibility index (Phi) is 4.10. The highest BCUT2D eigenvalue weighted by Crippen LogP contribution is 2.26. The third-order valence-electron chi connectivity index (χ3n) is 2.89. The van der Waals surface area contributed by atoms with Crippen LogP contribution >= 0.6 is 38.9 Å². The molecule has 1 fully saturated rings. The molecule has 2 atom stereocenters. The minimum Gasteiger partial charge on any atom is -0.298 e. The average Bonchev–Trinajstić information content (AvgIpc) is 2.58. The van der Waals surface area contributed by atoms with Crippen molar-refractivity contribution in [2.45, 2.75) is 25.3 Å². The Labute approximate surface area is 109 Å². The normalized spacial score (nSPS) is 28.2. The van der Waals surface area contributed by atoms with E-state index in [0.29, 0.717) is 11.3 Å². The van der Waals surface area contributed by atoms with E-state index >= 15 is 0 Å². The van der Waals surface area contributed by atoms with Crippen LogP contribution in [0.5, 0.6) is 0 Å². The molecule has 1 aromatic rings. The monoisotopic (exact) mass is 307 g/mol. The third kappa shape index (κ3) is 3.19. The van der Waals surface area contributed by atoms with Gasteiger partial charge in [-0.05, 0) is 46.9 Å². The largest absolute Gasteiger partial charge is 0.298 e. The maximum Gasteiger partial charge on any atom is 0.0701 e. The molecule has 0 aromatic carbocycles. The summed E-state index contributed by atoms with van der Waals surface area (Å²) in [6, 6.07) is 4.32. The maximum absolute atomic E-state index is 6.21. The molecule has 2 rings (SSSR count). The van der Waals surface area contributed by atoms with Crippen LogP contribution in [0.4, 0.5) is 0 Å². The molecule has 0 N–H and O–H groups in total. The second-order valence-electron chi connectivity index (χ2n) is 4.22. The maximum atomic E-state index is 6.21. The molecule has 1 aliphatic heterocycles. The van der Waals surface area contributed by atoms with Gasteiger partial charge in [-0.2, -0.15) is 0 Å². The van der Waals surface area contributed by atoms with Crippen molar-refractivity contribution in [2.24, 2.45) is 5.92 Å². The van der Waals surface area contributed by atoms with Crippen LogP contribution in [0.3, 0.4) is 0 Å². The first-order chi connectivity index (χ1) is 7.15. The number of rotatable bonds is 2. The van der Waals surface area contributed by atoms with E-state index in [2.05, 4.69) is 39.9 Å². The topological polar surface area (TPSA) is 3.24 Å². The Balaban J connectivity index is 1.90. The predicted molar refractivity (Wildman–Crippen MR) is 70.7 cm³/mol. The van der Waals surface area contributed by atoms with E-state index in [-0.39, 0.29) is 0 Å². The molecule has 0 radical (unpaired) electrons. The Morgan fingerprint density at radius 1 is 1.60 bits per heavy atom. The van der Waals surface area contributed by atoms with Crippen LogP contribution in [0.15, 0.2) is 15.9 Å². The fourth-order valence-corrected chi connectivity index (χ4v) is 3.71. The quantitative estimate of drug-likeness (QED) is 0.748. The van der Waals surface area contributed by atoms with Gasteiger partial charge in [0.25, 0.3) is 0 Å². The molecule has 1 aliphatic rings. The van der Waals surface area contributed by atoms with Crippen LogP contribution in [0.2, 0.25) is 0 Å². The fraction of sp³-hybridized carbons (Fsp3) is 0.636. The molecule has 0 amide bonds. The van der Waals surface area contributed by atoms with Crippen LogP contribution in [0, 0.1) is 5.92 Å². The highest BCUT2D eigenvalue weighted by atomic mass is 79.9. The summed E-state index contributed by atoms with van der Waals surface area (Å²) in [5.41, 5.74) is 0. The van der Waals surface area contributed by atoms with Crippen molar-refractivity contribution in [2.75, 3.05) is 13.1 Å². The Morgan fingerprint density at radius 2 is 2.40 bits per heavy atom. The molecule has 1 aromatic heterocycles. The van der Waals surface area contributed by atoms with Crippen LogP contribution in [0.25, 0.3) is 0 Å². The number of alkyl halides is 1. The summed E-state index contributed by atoms with van der Waals surface area (Å²) in [7, 11) is 0. The molecule has 2 unspecified atom stereocenters. The predicted octanol–water partition coefficient (Wildman–Crippen LogP) is 3.96. The van der Waals surface area contributed by atoms with E-state index in [9.17, 15) is 0 Å². The Bertz CT molecular complexity index is 328. The summed E-state index contributed by atoms with van der Waals surface area (Å²) < 4.78 is 1.22. The van der Waals surface area contributed by atoms with E-state index in [1.807, 2.05) is 11.3 Å². The fourth-order valence-electron chi connectivity index (χ4n) is 2.00. The van der Waals surface area contributed by atoms with Crippen molar-refractivity contribution in [1.29, 1.82) is 0 Å². The third-order valence-corrected chi connectivity index (χ3v) is 5.15. The Morgan fingerprint density at radius 3 is 3.00 bits per heavy atom. The number of hydrogen-bond acceptors (Lipinski definition) is 2. The van der Waals surface area contributed by atoms with E-state index in [1.165, 1.54) is 8.66 Å². The average molecular weight is 309 g/mol. The molecule has 0 bridgehead atoms. The standard InChI is InChI=1S/C11H15BrClNS/c1-8-6-14(5-4-10(8)13)7-9-2-3-11(12)15-9/h2-3,8,10H,4-7H2,1H3. The zero-order chi connectivity index (χ0) is 10.8. The van der Waals surface area contributed by atoms with Crippen LogP contribution in [-0.2, 0) is 6.54 Å². The SMILES string of the molecule is CC1CN(Cc2ccc(Br)s2)CCC1Cl. The van der Waals surface area contributed by atoms with Gasteiger partial charge in [-0.1, -0.05) is 6.92 Å². The summed E-state index contributed by atoms with van der Waals surface area (Å²) in [5.74, 6) is 0.615. The molecule has 1 nitrogen and oxygen atoms in total. The molecule has 0 saturated carbocycles. The Hall–Kier alpha value is 0.430. The molecule has 4 heteroatoms. The smallest absolute Gasteiger partial charge is 0.0701 e. The second kappa shape index (κ2) is 5.17. The van der Waals surface area contributed by atoms with Gasteiger partial charge < -0.3 is 0 Å². The summed E-state index contributed by atoms with van der Waals surface area (Å²) in [4.78, 5) is 3.93. The number of likely N-dealkylation sites (tertiary alicyclic amines) is 1.